The summed E-state index contributed by atoms with van der Waals surface area (Å²) in [5.41, 5.74) is 4.49. The van der Waals surface area contributed by atoms with Crippen LogP contribution in [-0.4, -0.2) is 23.3 Å². The van der Waals surface area contributed by atoms with Crippen molar-refractivity contribution in [3.05, 3.63) is 22.9 Å². The molecule has 5 nitrogen and oxygen atoms in total. The summed E-state index contributed by atoms with van der Waals surface area (Å²) in [6.07, 6.45) is 3.50. The molecule has 0 unspecified atom stereocenters. The molecule has 0 aromatic carbocycles. The number of carbonyl (C=O) groups excluding carboxylic acids is 1. The molecule has 1 fully saturated rings. The number of pyridine rings is 1. The predicted molar refractivity (Wildman–Crippen MR) is 64.7 cm³/mol. The normalized spacial score (nSPS) is 17.0. The number of primary amides is 1. The van der Waals surface area contributed by atoms with Gasteiger partial charge < -0.3 is 15.2 Å². The van der Waals surface area contributed by atoms with Gasteiger partial charge in [0.2, 0.25) is 0 Å². The van der Waals surface area contributed by atoms with E-state index < -0.39 is 11.7 Å². The second kappa shape index (κ2) is 4.91. The summed E-state index contributed by atoms with van der Waals surface area (Å²) in [5.74, 6) is 0.631. The van der Waals surface area contributed by atoms with Crippen LogP contribution < -0.4 is 10.5 Å². The molecule has 1 aromatic rings. The summed E-state index contributed by atoms with van der Waals surface area (Å²) in [4.78, 5) is 14.9. The molecule has 2 rings (SSSR count). The smallest absolute Gasteiger partial charge is 0.405 e. The molecule has 1 aliphatic rings. The van der Waals surface area contributed by atoms with E-state index in [4.69, 9.17) is 15.2 Å². The Morgan fingerprint density at radius 3 is 2.88 bits per heavy atom. The van der Waals surface area contributed by atoms with Crippen LogP contribution in [0.4, 0.5) is 4.79 Å². The number of carbonyl (C=O) groups is 1. The molecule has 0 bridgehead atoms. The number of hydrogen-bond donors (Lipinski definition) is 1. The van der Waals surface area contributed by atoms with Crippen molar-refractivity contribution in [3.8, 4) is 5.75 Å². The highest BCUT2D eigenvalue weighted by Crippen LogP contribution is 2.36. The Kier molecular flexibility index (Phi) is 3.51. The Labute approximate surface area is 107 Å². The molecule has 0 spiro atoms. The van der Waals surface area contributed by atoms with E-state index in [0.717, 1.165) is 19.3 Å². The molecule has 6 heteroatoms. The molecule has 0 aliphatic heterocycles. The van der Waals surface area contributed by atoms with E-state index in [0.29, 0.717) is 17.0 Å². The number of aromatic nitrogens is 1. The van der Waals surface area contributed by atoms with Gasteiger partial charge in [-0.25, -0.2) is 9.78 Å². The first-order chi connectivity index (χ1) is 8.11. The van der Waals surface area contributed by atoms with Gasteiger partial charge >= 0.3 is 6.09 Å². The lowest BCUT2D eigenvalue weighted by Crippen LogP contribution is -2.48. The fourth-order valence-corrected chi connectivity index (χ4v) is 2.11. The van der Waals surface area contributed by atoms with Crippen molar-refractivity contribution < 1.29 is 14.3 Å². The summed E-state index contributed by atoms with van der Waals surface area (Å²) in [7, 11) is 0. The molecule has 0 saturated heterocycles. The van der Waals surface area contributed by atoms with Gasteiger partial charge in [0.05, 0.1) is 0 Å². The molecular formula is C11H13BrN2O3. The van der Waals surface area contributed by atoms with E-state index >= 15 is 0 Å². The average molecular weight is 301 g/mol. The van der Waals surface area contributed by atoms with E-state index in [-0.39, 0.29) is 0 Å². The van der Waals surface area contributed by atoms with Gasteiger partial charge in [0, 0.05) is 6.20 Å². The van der Waals surface area contributed by atoms with Gasteiger partial charge in [-0.2, -0.15) is 0 Å². The van der Waals surface area contributed by atoms with Gasteiger partial charge in [0.25, 0.3) is 0 Å². The van der Waals surface area contributed by atoms with Gasteiger partial charge in [-0.1, -0.05) is 0 Å². The zero-order valence-corrected chi connectivity index (χ0v) is 10.8. The zero-order valence-electron chi connectivity index (χ0n) is 9.19. The van der Waals surface area contributed by atoms with Crippen molar-refractivity contribution >= 4 is 22.0 Å². The minimum atomic E-state index is -0.751. The van der Waals surface area contributed by atoms with Crippen LogP contribution in [-0.2, 0) is 4.74 Å². The van der Waals surface area contributed by atoms with Crippen LogP contribution >= 0.6 is 15.9 Å². The molecule has 1 amide bonds. The van der Waals surface area contributed by atoms with Crippen LogP contribution in [0.3, 0.4) is 0 Å². The first-order valence-electron chi connectivity index (χ1n) is 5.33. The number of rotatable bonds is 4. The van der Waals surface area contributed by atoms with E-state index in [2.05, 4.69) is 20.9 Å². The summed E-state index contributed by atoms with van der Waals surface area (Å²) in [6, 6.07) is 3.58. The fourth-order valence-electron chi connectivity index (χ4n) is 1.75. The molecule has 0 radical (unpaired) electrons. The molecule has 1 aliphatic carbocycles. The Morgan fingerprint density at radius 1 is 1.59 bits per heavy atom. The quantitative estimate of drug-likeness (QED) is 0.865. The first kappa shape index (κ1) is 12.2. The van der Waals surface area contributed by atoms with Crippen molar-refractivity contribution in [2.24, 2.45) is 5.73 Å². The molecule has 1 aromatic heterocycles. The highest BCUT2D eigenvalue weighted by molar-refractivity contribution is 9.10. The highest BCUT2D eigenvalue weighted by atomic mass is 79.9. The van der Waals surface area contributed by atoms with E-state index in [1.54, 1.807) is 18.3 Å². The zero-order chi connectivity index (χ0) is 12.3. The minimum Gasteiger partial charge on any atom is -0.487 e. The van der Waals surface area contributed by atoms with Gasteiger partial charge in [0.15, 0.2) is 5.75 Å². The topological polar surface area (TPSA) is 74.4 Å². The molecule has 1 heterocycles. The maximum Gasteiger partial charge on any atom is 0.405 e. The second-order valence-corrected chi connectivity index (χ2v) is 4.79. The molecular weight excluding hydrogens is 288 g/mol. The largest absolute Gasteiger partial charge is 0.487 e. The number of ether oxygens (including phenoxy) is 2. The summed E-state index contributed by atoms with van der Waals surface area (Å²) in [5, 5.41) is 0. The van der Waals surface area contributed by atoms with Gasteiger partial charge in [-0.3, -0.25) is 0 Å². The third kappa shape index (κ3) is 2.88. The van der Waals surface area contributed by atoms with Crippen molar-refractivity contribution in [2.75, 3.05) is 6.61 Å². The second-order valence-electron chi connectivity index (χ2n) is 4.04. The number of nitrogens with two attached hydrogens (primary N) is 1. The third-order valence-electron chi connectivity index (χ3n) is 2.80. The maximum absolute atomic E-state index is 10.8. The van der Waals surface area contributed by atoms with Crippen molar-refractivity contribution in [1.82, 2.24) is 4.98 Å². The van der Waals surface area contributed by atoms with Crippen LogP contribution in [0.1, 0.15) is 19.3 Å². The molecule has 2 N–H and O–H groups in total. The van der Waals surface area contributed by atoms with Gasteiger partial charge in [0.1, 0.15) is 16.8 Å². The van der Waals surface area contributed by atoms with E-state index in [9.17, 15) is 4.79 Å². The van der Waals surface area contributed by atoms with Crippen LogP contribution in [0.2, 0.25) is 0 Å². The highest BCUT2D eigenvalue weighted by Gasteiger charge is 2.41. The molecule has 17 heavy (non-hydrogen) atoms. The fraction of sp³-hybridized carbons (Fsp3) is 0.455. The summed E-state index contributed by atoms with van der Waals surface area (Å²) < 4.78 is 11.3. The standard InChI is InChI=1S/C11H13BrN2O3/c12-9-8(3-1-6-14-9)16-7-11(4-2-5-11)17-10(13)15/h1,3,6H,2,4-5,7H2,(H2,13,15). The lowest BCUT2D eigenvalue weighted by Gasteiger charge is -2.39. The van der Waals surface area contributed by atoms with Crippen molar-refractivity contribution in [3.63, 3.8) is 0 Å². The summed E-state index contributed by atoms with van der Waals surface area (Å²) >= 11 is 3.29. The van der Waals surface area contributed by atoms with Crippen LogP contribution in [0.5, 0.6) is 5.75 Å². The number of amides is 1. The first-order valence-corrected chi connectivity index (χ1v) is 6.12. The van der Waals surface area contributed by atoms with E-state index in [1.165, 1.54) is 0 Å². The number of halogens is 1. The van der Waals surface area contributed by atoms with Crippen LogP contribution in [0.15, 0.2) is 22.9 Å². The molecule has 1 saturated carbocycles. The number of nitrogens with zero attached hydrogens (tertiary/aromatic N) is 1. The van der Waals surface area contributed by atoms with Crippen molar-refractivity contribution in [1.29, 1.82) is 0 Å². The lowest BCUT2D eigenvalue weighted by molar-refractivity contribution is -0.0726. The maximum atomic E-state index is 10.8. The molecule has 92 valence electrons. The number of hydrogen-bond acceptors (Lipinski definition) is 4. The Balaban J connectivity index is 1.97. The van der Waals surface area contributed by atoms with Crippen LogP contribution in [0.25, 0.3) is 0 Å². The van der Waals surface area contributed by atoms with E-state index in [1.807, 2.05) is 0 Å². The monoisotopic (exact) mass is 300 g/mol. The Hall–Kier alpha value is -1.30. The Bertz CT molecular complexity index is 421. The minimum absolute atomic E-state index is 0.306. The lowest BCUT2D eigenvalue weighted by atomic mass is 9.81. The SMILES string of the molecule is NC(=O)OC1(COc2cccnc2Br)CCC1. The summed E-state index contributed by atoms with van der Waals surface area (Å²) in [6.45, 7) is 0.306. The Morgan fingerprint density at radius 2 is 2.35 bits per heavy atom. The van der Waals surface area contributed by atoms with Crippen molar-refractivity contribution in [2.45, 2.75) is 24.9 Å². The molecule has 0 atom stereocenters. The van der Waals surface area contributed by atoms with Crippen LogP contribution in [0, 0.1) is 0 Å². The van der Waals surface area contributed by atoms with Gasteiger partial charge in [-0.05, 0) is 47.3 Å². The average Bonchev–Trinajstić information content (AvgIpc) is 2.23. The van der Waals surface area contributed by atoms with Gasteiger partial charge in [-0.15, -0.1) is 0 Å². The predicted octanol–water partition coefficient (Wildman–Crippen LogP) is 2.24. The third-order valence-corrected chi connectivity index (χ3v) is 3.39.